The Bertz CT molecular complexity index is 1070. The van der Waals surface area contributed by atoms with E-state index in [1.54, 1.807) is 20.8 Å². The van der Waals surface area contributed by atoms with Crippen LogP contribution in [0, 0.1) is 0 Å². The van der Waals surface area contributed by atoms with E-state index in [-0.39, 0.29) is 25.2 Å². The third-order valence-corrected chi connectivity index (χ3v) is 6.10. The minimum atomic E-state index is -0.981. The van der Waals surface area contributed by atoms with Gasteiger partial charge in [0.25, 0.3) is 0 Å². The molecule has 0 aromatic heterocycles. The summed E-state index contributed by atoms with van der Waals surface area (Å²) in [7, 11) is 1.26. The Kier molecular flexibility index (Phi) is 9.23. The lowest BCUT2D eigenvalue weighted by molar-refractivity contribution is -0.155. The molecule has 0 bridgehead atoms. The fraction of sp³-hybridized carbons (Fsp3) is 0.323. The van der Waals surface area contributed by atoms with Gasteiger partial charge in [-0.2, -0.15) is 0 Å². The molecular weight excluding hydrogens is 466 g/mol. The first-order valence-electron chi connectivity index (χ1n) is 12.4. The molecule has 0 aliphatic rings. The van der Waals surface area contributed by atoms with Crippen molar-refractivity contribution in [1.29, 1.82) is 0 Å². The second-order valence-electron chi connectivity index (χ2n) is 9.95. The number of hydrogen-bond acceptors (Lipinski definition) is 5. The first kappa shape index (κ1) is 27.7. The van der Waals surface area contributed by atoms with Gasteiger partial charge in [-0.05, 0) is 43.9 Å². The number of benzene rings is 3. The molecule has 0 spiro atoms. The van der Waals surface area contributed by atoms with Gasteiger partial charge in [0.05, 0.1) is 12.5 Å². The van der Waals surface area contributed by atoms with E-state index in [2.05, 4.69) is 5.32 Å². The fourth-order valence-corrected chi connectivity index (χ4v) is 4.51. The van der Waals surface area contributed by atoms with Crippen molar-refractivity contribution in [1.82, 2.24) is 5.32 Å². The Hall–Kier alpha value is -3.93. The lowest BCUT2D eigenvalue weighted by Crippen LogP contribution is -2.45. The molecule has 0 heterocycles. The first-order chi connectivity index (χ1) is 17.7. The van der Waals surface area contributed by atoms with Crippen LogP contribution in [0.2, 0.25) is 0 Å². The molecule has 0 aliphatic carbocycles. The summed E-state index contributed by atoms with van der Waals surface area (Å²) in [6.07, 6.45) is 0.0891. The van der Waals surface area contributed by atoms with Gasteiger partial charge < -0.3 is 14.8 Å². The standard InChI is InChI=1S/C31H35NO5/c1-30(2,3)37-28(34)21-20-26(29(35)36-4)32-27(33)22-31(23-14-8-5-9-15-23,24-16-10-6-11-17-24)25-18-12-7-13-19-25/h5-19,26H,20-22H2,1-4H3,(H,32,33)/t26-/m1/s1. The smallest absolute Gasteiger partial charge is 0.328 e. The average Bonchev–Trinajstić information content (AvgIpc) is 2.89. The highest BCUT2D eigenvalue weighted by molar-refractivity contribution is 5.86. The SMILES string of the molecule is COC(=O)[C@@H](CCC(=O)OC(C)(C)C)NC(=O)CC(c1ccccc1)(c1ccccc1)c1ccccc1. The molecule has 6 nitrogen and oxygen atoms in total. The maximum absolute atomic E-state index is 13.6. The number of nitrogens with one attached hydrogen (secondary N) is 1. The maximum Gasteiger partial charge on any atom is 0.328 e. The molecule has 3 aromatic carbocycles. The summed E-state index contributed by atoms with van der Waals surface area (Å²) in [5.41, 5.74) is 1.41. The number of carbonyl (C=O) groups is 3. The van der Waals surface area contributed by atoms with Crippen molar-refractivity contribution in [2.45, 2.75) is 57.1 Å². The molecule has 1 N–H and O–H groups in total. The van der Waals surface area contributed by atoms with Gasteiger partial charge in [-0.1, -0.05) is 91.0 Å². The molecule has 0 saturated carbocycles. The Balaban J connectivity index is 1.95. The Labute approximate surface area is 219 Å². The third kappa shape index (κ3) is 7.29. The summed E-state index contributed by atoms with van der Waals surface area (Å²) < 4.78 is 10.3. The van der Waals surface area contributed by atoms with Crippen LogP contribution in [0.15, 0.2) is 91.0 Å². The summed E-state index contributed by atoms with van der Waals surface area (Å²) in [5.74, 6) is -1.39. The number of carbonyl (C=O) groups excluding carboxylic acids is 3. The van der Waals surface area contributed by atoms with Crippen LogP contribution >= 0.6 is 0 Å². The zero-order chi connectivity index (χ0) is 26.9. The van der Waals surface area contributed by atoms with Crippen LogP contribution in [0.5, 0.6) is 0 Å². The summed E-state index contributed by atoms with van der Waals surface area (Å²) >= 11 is 0. The summed E-state index contributed by atoms with van der Waals surface area (Å²) in [6, 6.07) is 28.6. The van der Waals surface area contributed by atoms with Gasteiger partial charge in [-0.3, -0.25) is 9.59 Å². The van der Waals surface area contributed by atoms with Gasteiger partial charge in [0.2, 0.25) is 5.91 Å². The number of ether oxygens (including phenoxy) is 2. The topological polar surface area (TPSA) is 81.7 Å². The Morgan fingerprint density at radius 3 is 1.57 bits per heavy atom. The highest BCUT2D eigenvalue weighted by Crippen LogP contribution is 2.42. The van der Waals surface area contributed by atoms with E-state index in [1.165, 1.54) is 7.11 Å². The lowest BCUT2D eigenvalue weighted by Gasteiger charge is -2.36. The first-order valence-corrected chi connectivity index (χ1v) is 12.4. The van der Waals surface area contributed by atoms with Crippen molar-refractivity contribution >= 4 is 17.8 Å². The van der Waals surface area contributed by atoms with E-state index in [4.69, 9.17) is 9.47 Å². The Morgan fingerprint density at radius 1 is 0.757 bits per heavy atom. The van der Waals surface area contributed by atoms with Crippen LogP contribution in [0.25, 0.3) is 0 Å². The molecule has 3 aromatic rings. The van der Waals surface area contributed by atoms with Gasteiger partial charge in [0.1, 0.15) is 11.6 Å². The van der Waals surface area contributed by atoms with Crippen LogP contribution in [0.1, 0.15) is 56.7 Å². The van der Waals surface area contributed by atoms with Crippen LogP contribution in [-0.2, 0) is 29.3 Å². The number of methoxy groups -OCH3 is 1. The maximum atomic E-state index is 13.6. The number of rotatable bonds is 10. The quantitative estimate of drug-likeness (QED) is 0.305. The predicted molar refractivity (Wildman–Crippen MR) is 143 cm³/mol. The molecule has 0 saturated heterocycles. The van der Waals surface area contributed by atoms with E-state index in [1.807, 2.05) is 91.0 Å². The summed E-state index contributed by atoms with van der Waals surface area (Å²) in [4.78, 5) is 38.4. The highest BCUT2D eigenvalue weighted by Gasteiger charge is 2.39. The Morgan fingerprint density at radius 2 is 1.19 bits per heavy atom. The average molecular weight is 502 g/mol. The molecule has 194 valence electrons. The van der Waals surface area contributed by atoms with Crippen LogP contribution in [-0.4, -0.2) is 36.6 Å². The molecule has 0 fully saturated rings. The van der Waals surface area contributed by atoms with Crippen LogP contribution in [0.3, 0.4) is 0 Å². The predicted octanol–water partition coefficient (Wildman–Crippen LogP) is 5.19. The van der Waals surface area contributed by atoms with E-state index in [0.717, 1.165) is 16.7 Å². The molecule has 0 radical (unpaired) electrons. The fourth-order valence-electron chi connectivity index (χ4n) is 4.51. The van der Waals surface area contributed by atoms with E-state index >= 15 is 0 Å². The second kappa shape index (κ2) is 12.3. The number of esters is 2. The molecule has 0 unspecified atom stereocenters. The molecule has 3 rings (SSSR count). The second-order valence-corrected chi connectivity index (χ2v) is 9.95. The van der Waals surface area contributed by atoms with Crippen molar-refractivity contribution in [2.24, 2.45) is 0 Å². The monoisotopic (exact) mass is 501 g/mol. The zero-order valence-corrected chi connectivity index (χ0v) is 21.9. The summed E-state index contributed by atoms with van der Waals surface area (Å²) in [5, 5.41) is 2.83. The molecule has 6 heteroatoms. The molecular formula is C31H35NO5. The van der Waals surface area contributed by atoms with Crippen molar-refractivity contribution in [2.75, 3.05) is 7.11 Å². The highest BCUT2D eigenvalue weighted by atomic mass is 16.6. The molecule has 1 amide bonds. The zero-order valence-electron chi connectivity index (χ0n) is 21.9. The van der Waals surface area contributed by atoms with Gasteiger partial charge >= 0.3 is 11.9 Å². The largest absolute Gasteiger partial charge is 0.467 e. The minimum Gasteiger partial charge on any atom is -0.467 e. The van der Waals surface area contributed by atoms with Crippen molar-refractivity contribution in [3.63, 3.8) is 0 Å². The van der Waals surface area contributed by atoms with Gasteiger partial charge in [0.15, 0.2) is 0 Å². The van der Waals surface area contributed by atoms with Gasteiger partial charge in [-0.15, -0.1) is 0 Å². The van der Waals surface area contributed by atoms with E-state index < -0.39 is 29.0 Å². The molecule has 1 atom stereocenters. The summed E-state index contributed by atoms with van der Waals surface area (Å²) in [6.45, 7) is 5.34. The lowest BCUT2D eigenvalue weighted by atomic mass is 9.67. The van der Waals surface area contributed by atoms with Crippen molar-refractivity contribution in [3.05, 3.63) is 108 Å². The van der Waals surface area contributed by atoms with Crippen molar-refractivity contribution in [3.8, 4) is 0 Å². The van der Waals surface area contributed by atoms with Gasteiger partial charge in [0, 0.05) is 12.8 Å². The van der Waals surface area contributed by atoms with Crippen molar-refractivity contribution < 1.29 is 23.9 Å². The number of hydrogen-bond donors (Lipinski definition) is 1. The van der Waals surface area contributed by atoms with Gasteiger partial charge in [-0.25, -0.2) is 4.79 Å². The normalized spacial score (nSPS) is 12.3. The van der Waals surface area contributed by atoms with Crippen LogP contribution in [0.4, 0.5) is 0 Å². The van der Waals surface area contributed by atoms with E-state index in [0.29, 0.717) is 0 Å². The van der Waals surface area contributed by atoms with E-state index in [9.17, 15) is 14.4 Å². The molecule has 0 aliphatic heterocycles. The third-order valence-electron chi connectivity index (χ3n) is 6.10. The number of amides is 1. The molecule has 37 heavy (non-hydrogen) atoms. The van der Waals surface area contributed by atoms with Crippen LogP contribution < -0.4 is 5.32 Å². The minimum absolute atomic E-state index is 0.0293.